The monoisotopic (exact) mass is 358 g/mol. The fraction of sp³-hybridized carbons (Fsp3) is 0.188. The molecule has 2 N–H and O–H groups in total. The van der Waals surface area contributed by atoms with E-state index in [0.29, 0.717) is 11.9 Å². The van der Waals surface area contributed by atoms with Gasteiger partial charge in [-0.3, -0.25) is 19.5 Å². The maximum Gasteiger partial charge on any atom is 0.419 e. The number of oxazole rings is 1. The number of aromatic nitrogens is 2. The summed E-state index contributed by atoms with van der Waals surface area (Å²) in [5.41, 5.74) is 0.364. The van der Waals surface area contributed by atoms with E-state index in [2.05, 4.69) is 10.3 Å². The number of carbonyl (C=O) groups is 1. The normalized spacial score (nSPS) is 10.8. The number of aromatic hydroxyl groups is 1. The van der Waals surface area contributed by atoms with Crippen molar-refractivity contribution in [1.29, 1.82) is 0 Å². The smallest absolute Gasteiger partial charge is 0.419 e. The fourth-order valence-corrected chi connectivity index (χ4v) is 2.47. The van der Waals surface area contributed by atoms with Crippen LogP contribution in [0.15, 0.2) is 45.7 Å². The Kier molecular flexibility index (Phi) is 4.65. The van der Waals surface area contributed by atoms with Gasteiger partial charge in [0.15, 0.2) is 17.2 Å². The average molecular weight is 358 g/mol. The highest BCUT2D eigenvalue weighted by Gasteiger charge is 2.14. The highest BCUT2D eigenvalue weighted by molar-refractivity contribution is 5.90. The van der Waals surface area contributed by atoms with Crippen LogP contribution in [0.5, 0.6) is 5.75 Å². The van der Waals surface area contributed by atoms with Crippen molar-refractivity contribution in [3.8, 4) is 5.75 Å². The van der Waals surface area contributed by atoms with Crippen molar-refractivity contribution in [2.75, 3.05) is 5.32 Å². The van der Waals surface area contributed by atoms with Crippen LogP contribution in [0, 0.1) is 10.1 Å². The lowest BCUT2D eigenvalue weighted by molar-refractivity contribution is -0.384. The Morgan fingerprint density at radius 1 is 1.38 bits per heavy atom. The molecular formula is C16H14N4O6. The highest BCUT2D eigenvalue weighted by Crippen LogP contribution is 2.21. The zero-order chi connectivity index (χ0) is 18.7. The molecule has 0 unspecified atom stereocenters. The molecule has 1 amide bonds. The van der Waals surface area contributed by atoms with E-state index in [-0.39, 0.29) is 41.7 Å². The molecule has 10 heteroatoms. The van der Waals surface area contributed by atoms with Crippen LogP contribution in [0.3, 0.4) is 0 Å². The number of hydrogen-bond acceptors (Lipinski definition) is 7. The largest absolute Gasteiger partial charge is 0.504 e. The number of pyridine rings is 1. The van der Waals surface area contributed by atoms with Crippen LogP contribution in [0.4, 0.5) is 11.5 Å². The molecule has 1 aromatic carbocycles. The summed E-state index contributed by atoms with van der Waals surface area (Å²) in [6.45, 7) is 0.200. The van der Waals surface area contributed by atoms with E-state index in [1.165, 1.54) is 41.1 Å². The van der Waals surface area contributed by atoms with E-state index < -0.39 is 10.7 Å². The van der Waals surface area contributed by atoms with Crippen molar-refractivity contribution in [1.82, 2.24) is 9.55 Å². The molecule has 0 radical (unpaired) electrons. The number of nitro groups is 1. The standard InChI is InChI=1S/C16H14N4O6/c21-12-3-1-7-17-15(12)18-14(22)4-2-8-19-11-6-5-10(20(24)25)9-13(11)26-16(19)23/h1,3,5-7,9,21H,2,4,8H2,(H,17,18,22). The quantitative estimate of drug-likeness (QED) is 0.507. The Labute approximate surface area is 145 Å². The topological polar surface area (TPSA) is 140 Å². The summed E-state index contributed by atoms with van der Waals surface area (Å²) in [5.74, 6) is -1.09. The molecular weight excluding hydrogens is 344 g/mol. The van der Waals surface area contributed by atoms with Gasteiger partial charge >= 0.3 is 5.76 Å². The van der Waals surface area contributed by atoms with Crippen molar-refractivity contribution < 1.29 is 19.2 Å². The first-order chi connectivity index (χ1) is 12.5. The molecule has 0 aliphatic heterocycles. The molecule has 0 spiro atoms. The van der Waals surface area contributed by atoms with E-state index in [1.807, 2.05) is 0 Å². The molecule has 10 nitrogen and oxygen atoms in total. The number of nitro benzene ring substituents is 1. The number of aryl methyl sites for hydroxylation is 1. The van der Waals surface area contributed by atoms with Gasteiger partial charge in [0.2, 0.25) is 5.91 Å². The summed E-state index contributed by atoms with van der Waals surface area (Å²) in [7, 11) is 0. The van der Waals surface area contributed by atoms with E-state index in [1.54, 1.807) is 0 Å². The maximum atomic E-state index is 11.9. The lowest BCUT2D eigenvalue weighted by Crippen LogP contribution is -2.17. The number of hydrogen-bond donors (Lipinski definition) is 2. The minimum Gasteiger partial charge on any atom is -0.504 e. The Morgan fingerprint density at radius 2 is 2.19 bits per heavy atom. The van der Waals surface area contributed by atoms with Crippen molar-refractivity contribution in [3.63, 3.8) is 0 Å². The number of anilines is 1. The molecule has 0 atom stereocenters. The molecule has 0 bridgehead atoms. The number of rotatable bonds is 6. The second-order valence-electron chi connectivity index (χ2n) is 5.45. The van der Waals surface area contributed by atoms with E-state index in [4.69, 9.17) is 4.42 Å². The van der Waals surface area contributed by atoms with Crippen LogP contribution in [0.2, 0.25) is 0 Å². The van der Waals surface area contributed by atoms with Gasteiger partial charge in [0.05, 0.1) is 16.5 Å². The SMILES string of the molecule is O=C(CCCn1c(=O)oc2cc([N+](=O)[O-])ccc21)Nc1ncccc1O. The summed E-state index contributed by atoms with van der Waals surface area (Å²) in [6, 6.07) is 6.84. The van der Waals surface area contributed by atoms with Crippen molar-refractivity contribution in [2.24, 2.45) is 0 Å². The van der Waals surface area contributed by atoms with Crippen molar-refractivity contribution in [3.05, 3.63) is 57.2 Å². The summed E-state index contributed by atoms with van der Waals surface area (Å²) in [4.78, 5) is 37.9. The van der Waals surface area contributed by atoms with Crippen LogP contribution in [-0.2, 0) is 11.3 Å². The lowest BCUT2D eigenvalue weighted by atomic mass is 10.2. The van der Waals surface area contributed by atoms with Gasteiger partial charge in [-0.1, -0.05) is 0 Å². The van der Waals surface area contributed by atoms with Gasteiger partial charge in [0.25, 0.3) is 5.69 Å². The molecule has 0 aliphatic carbocycles. The average Bonchev–Trinajstić information content (AvgIpc) is 2.91. The third-order valence-electron chi connectivity index (χ3n) is 3.69. The minimum absolute atomic E-state index is 0.0655. The fourth-order valence-electron chi connectivity index (χ4n) is 2.47. The summed E-state index contributed by atoms with van der Waals surface area (Å²) in [6.07, 6.45) is 1.85. The van der Waals surface area contributed by atoms with Crippen LogP contribution >= 0.6 is 0 Å². The second-order valence-corrected chi connectivity index (χ2v) is 5.45. The molecule has 2 heterocycles. The molecule has 0 saturated heterocycles. The number of nitrogens with zero attached hydrogens (tertiary/aromatic N) is 3. The predicted octanol–water partition coefficient (Wildman–Crippen LogP) is 2.02. The summed E-state index contributed by atoms with van der Waals surface area (Å²) >= 11 is 0. The van der Waals surface area contributed by atoms with Gasteiger partial charge in [-0.15, -0.1) is 0 Å². The molecule has 0 saturated carbocycles. The summed E-state index contributed by atoms with van der Waals surface area (Å²) < 4.78 is 6.33. The van der Waals surface area contributed by atoms with E-state index >= 15 is 0 Å². The van der Waals surface area contributed by atoms with Crippen LogP contribution in [0.1, 0.15) is 12.8 Å². The van der Waals surface area contributed by atoms with Gasteiger partial charge in [-0.05, 0) is 24.6 Å². The number of fused-ring (bicyclic) bond motifs is 1. The predicted molar refractivity (Wildman–Crippen MR) is 90.9 cm³/mol. The number of amides is 1. The van der Waals surface area contributed by atoms with E-state index in [0.717, 1.165) is 0 Å². The molecule has 0 aliphatic rings. The van der Waals surface area contributed by atoms with Gasteiger partial charge < -0.3 is 14.8 Å². The first-order valence-electron chi connectivity index (χ1n) is 7.67. The molecule has 2 aromatic heterocycles. The zero-order valence-electron chi connectivity index (χ0n) is 13.4. The second kappa shape index (κ2) is 7.05. The van der Waals surface area contributed by atoms with Crippen LogP contribution in [0.25, 0.3) is 11.1 Å². The Morgan fingerprint density at radius 3 is 2.92 bits per heavy atom. The van der Waals surface area contributed by atoms with Crippen LogP contribution < -0.4 is 11.1 Å². The maximum absolute atomic E-state index is 11.9. The molecule has 26 heavy (non-hydrogen) atoms. The van der Waals surface area contributed by atoms with Gasteiger partial charge in [-0.25, -0.2) is 9.78 Å². The molecule has 3 aromatic rings. The number of nitrogens with one attached hydrogen (secondary N) is 1. The Bertz CT molecular complexity index is 1040. The van der Waals surface area contributed by atoms with Gasteiger partial charge in [0.1, 0.15) is 0 Å². The Balaban J connectivity index is 1.65. The van der Waals surface area contributed by atoms with Gasteiger partial charge in [-0.2, -0.15) is 0 Å². The molecule has 3 rings (SSSR count). The zero-order valence-corrected chi connectivity index (χ0v) is 13.4. The third kappa shape index (κ3) is 3.53. The third-order valence-corrected chi connectivity index (χ3v) is 3.69. The summed E-state index contributed by atoms with van der Waals surface area (Å²) in [5, 5.41) is 22.8. The number of non-ortho nitro benzene ring substituents is 1. The van der Waals surface area contributed by atoms with E-state index in [9.17, 15) is 24.8 Å². The number of benzene rings is 1. The lowest BCUT2D eigenvalue weighted by Gasteiger charge is -2.06. The molecule has 0 fully saturated rings. The van der Waals surface area contributed by atoms with Crippen molar-refractivity contribution in [2.45, 2.75) is 19.4 Å². The first kappa shape index (κ1) is 17.1. The Hall–Kier alpha value is -3.69. The molecule has 134 valence electrons. The first-order valence-corrected chi connectivity index (χ1v) is 7.67. The van der Waals surface area contributed by atoms with Crippen LogP contribution in [-0.4, -0.2) is 25.5 Å². The minimum atomic E-state index is -0.650. The number of carbonyl (C=O) groups excluding carboxylic acids is 1. The van der Waals surface area contributed by atoms with Gasteiger partial charge in [0, 0.05) is 25.2 Å². The highest BCUT2D eigenvalue weighted by atomic mass is 16.6. The van der Waals surface area contributed by atoms with Crippen molar-refractivity contribution >= 4 is 28.5 Å².